The quantitative estimate of drug-likeness (QED) is 0.226. The van der Waals surface area contributed by atoms with Crippen molar-refractivity contribution in [3.63, 3.8) is 0 Å². The molecule has 0 aromatic rings. The second-order valence-electron chi connectivity index (χ2n) is 6.75. The predicted octanol–water partition coefficient (Wildman–Crippen LogP) is 3.03. The van der Waals surface area contributed by atoms with Crippen LogP contribution in [0, 0.1) is 0 Å². The van der Waals surface area contributed by atoms with E-state index < -0.39 is 17.6 Å². The zero-order valence-corrected chi connectivity index (χ0v) is 22.0. The van der Waals surface area contributed by atoms with E-state index in [-0.39, 0.29) is 0 Å². The first-order valence-corrected chi connectivity index (χ1v) is 14.6. The highest BCUT2D eigenvalue weighted by Gasteiger charge is 2.37. The fraction of sp³-hybridized carbons (Fsp3) is 1.00. The van der Waals surface area contributed by atoms with Gasteiger partial charge in [-0.15, -0.1) is 0 Å². The molecule has 0 spiro atoms. The lowest BCUT2D eigenvalue weighted by atomic mass is 10.1. The number of hydrogen-bond acceptors (Lipinski definition) is 8. The molecule has 0 unspecified atom stereocenters. The molecule has 0 aliphatic carbocycles. The highest BCUT2D eigenvalue weighted by molar-refractivity contribution is 6.60. The molecule has 0 amide bonds. The van der Waals surface area contributed by atoms with Gasteiger partial charge in [0.1, 0.15) is 0 Å². The van der Waals surface area contributed by atoms with Gasteiger partial charge in [0, 0.05) is 67.8 Å². The van der Waals surface area contributed by atoms with Crippen LogP contribution < -0.4 is 11.1 Å². The van der Waals surface area contributed by atoms with E-state index in [1.165, 1.54) is 32.1 Å². The molecule has 0 bridgehead atoms. The van der Waals surface area contributed by atoms with Crippen molar-refractivity contribution in [2.45, 2.75) is 64.0 Å². The molecule has 0 rings (SSSR count). The molecular weight excluding hydrogens is 408 g/mol. The van der Waals surface area contributed by atoms with Gasteiger partial charge in [-0.2, -0.15) is 0 Å². The van der Waals surface area contributed by atoms with E-state index in [1.54, 1.807) is 42.7 Å². The highest BCUT2D eigenvalue weighted by atomic mass is 28.4. The van der Waals surface area contributed by atoms with Crippen molar-refractivity contribution in [1.82, 2.24) is 5.32 Å². The molecule has 0 atom stereocenters. The summed E-state index contributed by atoms with van der Waals surface area (Å²) < 4.78 is 31.9. The van der Waals surface area contributed by atoms with Crippen molar-refractivity contribution in [3.8, 4) is 0 Å². The zero-order valence-electron chi connectivity index (χ0n) is 20.0. The number of nitrogens with one attached hydrogen (secondary N) is 1. The Balaban J connectivity index is 0. The first-order valence-electron chi connectivity index (χ1n) is 10.7. The Hall–Kier alpha value is 0.114. The second-order valence-corrected chi connectivity index (χ2v) is 12.9. The molecule has 8 nitrogen and oxygen atoms in total. The number of nitrogens with two attached hydrogens (primary N) is 1. The molecule has 0 aromatic carbocycles. The van der Waals surface area contributed by atoms with Gasteiger partial charge in [0.25, 0.3) is 0 Å². The van der Waals surface area contributed by atoms with Crippen molar-refractivity contribution in [2.24, 2.45) is 5.73 Å². The molecule has 3 N–H and O–H groups in total. The van der Waals surface area contributed by atoms with Gasteiger partial charge in [0.2, 0.25) is 0 Å². The molecule has 0 saturated carbocycles. The monoisotopic (exact) mass is 456 g/mol. The minimum Gasteiger partial charge on any atom is -0.377 e. The summed E-state index contributed by atoms with van der Waals surface area (Å²) in [5, 5.41) is 3.21. The molecule has 0 aliphatic rings. The minimum atomic E-state index is -2.35. The summed E-state index contributed by atoms with van der Waals surface area (Å²) in [6.07, 6.45) is 8.68. The van der Waals surface area contributed by atoms with E-state index >= 15 is 0 Å². The minimum absolute atomic E-state index is 0.668. The van der Waals surface area contributed by atoms with Crippen LogP contribution in [0.2, 0.25) is 12.1 Å². The fourth-order valence-corrected chi connectivity index (χ4v) is 6.41. The zero-order chi connectivity index (χ0) is 22.4. The van der Waals surface area contributed by atoms with E-state index in [0.717, 1.165) is 38.0 Å². The summed E-state index contributed by atoms with van der Waals surface area (Å²) in [5.41, 5.74) is 5.35. The Morgan fingerprint density at radius 1 is 0.586 bits per heavy atom. The van der Waals surface area contributed by atoms with Crippen LogP contribution >= 0.6 is 0 Å². The van der Waals surface area contributed by atoms with Crippen LogP contribution in [0.5, 0.6) is 0 Å². The third-order valence-electron chi connectivity index (χ3n) is 4.86. The molecule has 0 heterocycles. The third kappa shape index (κ3) is 15.5. The normalized spacial score (nSPS) is 12.0. The Labute approximate surface area is 181 Å². The molecule has 10 heteroatoms. The first kappa shape index (κ1) is 31.3. The third-order valence-corrected chi connectivity index (χ3v) is 10.5. The smallest absolute Gasteiger partial charge is 0.377 e. The lowest BCUT2D eigenvalue weighted by Gasteiger charge is -2.24. The summed E-state index contributed by atoms with van der Waals surface area (Å²) in [6, 6.07) is 1.76. The fourth-order valence-electron chi connectivity index (χ4n) is 2.89. The predicted molar refractivity (Wildman–Crippen MR) is 123 cm³/mol. The van der Waals surface area contributed by atoms with Gasteiger partial charge in [-0.25, -0.2) is 0 Å². The van der Waals surface area contributed by atoms with Gasteiger partial charge >= 0.3 is 17.6 Å². The highest BCUT2D eigenvalue weighted by Crippen LogP contribution is 2.18. The van der Waals surface area contributed by atoms with Gasteiger partial charge in [-0.05, 0) is 19.4 Å². The van der Waals surface area contributed by atoms with Crippen molar-refractivity contribution in [3.05, 3.63) is 0 Å². The molecule has 0 fully saturated rings. The van der Waals surface area contributed by atoms with Gasteiger partial charge < -0.3 is 37.6 Å². The standard InChI is InChI=1S/C11H26O3Si.C8H22N2O3Si/c1-5-6-7-8-9-10-11-15(12-2,13-3)14-4;1-11-14(12-2,13-3)8-4-6-10-7-5-9/h5-11H2,1-4H3;10H,4-9H2,1-3H3. The summed E-state index contributed by atoms with van der Waals surface area (Å²) in [5.74, 6) is 0. The number of hydrogen-bond donors (Lipinski definition) is 2. The van der Waals surface area contributed by atoms with Gasteiger partial charge in [0.05, 0.1) is 0 Å². The van der Waals surface area contributed by atoms with Gasteiger partial charge in [0.15, 0.2) is 0 Å². The van der Waals surface area contributed by atoms with E-state index in [0.29, 0.717) is 6.54 Å². The van der Waals surface area contributed by atoms with E-state index in [4.69, 9.17) is 32.3 Å². The van der Waals surface area contributed by atoms with Crippen LogP contribution in [-0.2, 0) is 26.6 Å². The Kier molecular flexibility index (Phi) is 23.0. The van der Waals surface area contributed by atoms with Crippen LogP contribution in [0.25, 0.3) is 0 Å². The number of unbranched alkanes of at least 4 members (excludes halogenated alkanes) is 5. The Morgan fingerprint density at radius 2 is 1.00 bits per heavy atom. The average molecular weight is 457 g/mol. The largest absolute Gasteiger partial charge is 0.500 e. The molecule has 0 radical (unpaired) electrons. The van der Waals surface area contributed by atoms with Crippen LogP contribution in [0.4, 0.5) is 0 Å². The molecule has 29 heavy (non-hydrogen) atoms. The topological polar surface area (TPSA) is 93.4 Å². The maximum atomic E-state index is 5.36. The van der Waals surface area contributed by atoms with Crippen LogP contribution in [0.1, 0.15) is 51.9 Å². The molecule has 0 aromatic heterocycles. The Morgan fingerprint density at radius 3 is 1.41 bits per heavy atom. The van der Waals surface area contributed by atoms with E-state index in [2.05, 4.69) is 12.2 Å². The van der Waals surface area contributed by atoms with Gasteiger partial charge in [-0.3, -0.25) is 0 Å². The van der Waals surface area contributed by atoms with Crippen LogP contribution in [0.15, 0.2) is 0 Å². The summed E-state index contributed by atoms with van der Waals surface area (Å²) in [6.45, 7) is 4.67. The Bertz CT molecular complexity index is 319. The lowest BCUT2D eigenvalue weighted by Crippen LogP contribution is -2.43. The maximum Gasteiger partial charge on any atom is 0.500 e. The average Bonchev–Trinajstić information content (AvgIpc) is 2.77. The van der Waals surface area contributed by atoms with Crippen molar-refractivity contribution >= 4 is 17.6 Å². The van der Waals surface area contributed by atoms with Crippen LogP contribution in [0.3, 0.4) is 0 Å². The van der Waals surface area contributed by atoms with Crippen LogP contribution in [-0.4, -0.2) is 79.9 Å². The summed E-state index contributed by atoms with van der Waals surface area (Å²) in [7, 11) is 5.29. The SMILES string of the molecule is CCCCCCCC[Si](OC)(OC)OC.CO[Si](CCCNCCN)(OC)OC. The summed E-state index contributed by atoms with van der Waals surface area (Å²) >= 11 is 0. The van der Waals surface area contributed by atoms with E-state index in [9.17, 15) is 0 Å². The molecule has 0 saturated heterocycles. The van der Waals surface area contributed by atoms with Crippen molar-refractivity contribution in [2.75, 3.05) is 62.3 Å². The molecular formula is C19H48N2O6Si2. The molecule has 178 valence electrons. The van der Waals surface area contributed by atoms with Crippen molar-refractivity contribution < 1.29 is 26.6 Å². The summed E-state index contributed by atoms with van der Waals surface area (Å²) in [4.78, 5) is 0. The maximum absolute atomic E-state index is 5.36. The number of rotatable bonds is 19. The van der Waals surface area contributed by atoms with E-state index in [1.807, 2.05) is 0 Å². The second kappa shape index (κ2) is 21.3. The van der Waals surface area contributed by atoms with Crippen molar-refractivity contribution in [1.29, 1.82) is 0 Å². The first-order chi connectivity index (χ1) is 14.0. The molecule has 0 aliphatic heterocycles. The van der Waals surface area contributed by atoms with Gasteiger partial charge in [-0.1, -0.05) is 39.0 Å². The lowest BCUT2D eigenvalue weighted by molar-refractivity contribution is 0.122.